The number of pyridine rings is 1. The highest BCUT2D eigenvalue weighted by Gasteiger charge is 2.27. The number of hydrogen-bond donors (Lipinski definition) is 0. The van der Waals surface area contributed by atoms with Gasteiger partial charge in [-0.1, -0.05) is 0 Å². The highest BCUT2D eigenvalue weighted by atomic mass is 19.1. The van der Waals surface area contributed by atoms with Gasteiger partial charge >= 0.3 is 0 Å². The van der Waals surface area contributed by atoms with Crippen molar-refractivity contribution in [1.82, 2.24) is 9.88 Å². The number of benzene rings is 1. The molecule has 1 saturated heterocycles. The molecule has 2 aromatic rings. The number of ether oxygens (including phenoxy) is 3. The Morgan fingerprint density at radius 1 is 1.31 bits per heavy atom. The van der Waals surface area contributed by atoms with E-state index in [1.54, 1.807) is 35.4 Å². The second-order valence-corrected chi connectivity index (χ2v) is 5.80. The van der Waals surface area contributed by atoms with Crippen LogP contribution >= 0.6 is 0 Å². The Balaban J connectivity index is 1.61. The molecule has 0 bridgehead atoms. The maximum atomic E-state index is 12.9. The predicted molar refractivity (Wildman–Crippen MR) is 92.9 cm³/mol. The fourth-order valence-electron chi connectivity index (χ4n) is 2.70. The fourth-order valence-corrected chi connectivity index (χ4v) is 2.70. The Hall–Kier alpha value is -2.67. The SMILES string of the molecule is CCOc1ncccc1C(=O)N1CCOC(COc2ccc(F)cc2)C1. The lowest BCUT2D eigenvalue weighted by Gasteiger charge is -2.33. The summed E-state index contributed by atoms with van der Waals surface area (Å²) in [5.74, 6) is 0.441. The highest BCUT2D eigenvalue weighted by molar-refractivity contribution is 5.96. The quantitative estimate of drug-likeness (QED) is 0.792. The van der Waals surface area contributed by atoms with E-state index in [-0.39, 0.29) is 24.4 Å². The monoisotopic (exact) mass is 360 g/mol. The molecule has 26 heavy (non-hydrogen) atoms. The molecule has 0 aliphatic carbocycles. The minimum Gasteiger partial charge on any atom is -0.491 e. The van der Waals surface area contributed by atoms with Crippen LogP contribution in [0.4, 0.5) is 4.39 Å². The highest BCUT2D eigenvalue weighted by Crippen LogP contribution is 2.19. The molecule has 1 atom stereocenters. The van der Waals surface area contributed by atoms with Crippen molar-refractivity contribution in [1.29, 1.82) is 0 Å². The van der Waals surface area contributed by atoms with Gasteiger partial charge in [-0.15, -0.1) is 0 Å². The van der Waals surface area contributed by atoms with Crippen LogP contribution in [0.5, 0.6) is 11.6 Å². The number of nitrogens with zero attached hydrogens (tertiary/aromatic N) is 2. The van der Waals surface area contributed by atoms with Gasteiger partial charge in [-0.05, 0) is 43.3 Å². The molecule has 1 amide bonds. The number of morpholine rings is 1. The van der Waals surface area contributed by atoms with Crippen molar-refractivity contribution in [3.05, 3.63) is 54.0 Å². The van der Waals surface area contributed by atoms with Crippen LogP contribution in [0.15, 0.2) is 42.6 Å². The van der Waals surface area contributed by atoms with Gasteiger partial charge in [-0.25, -0.2) is 9.37 Å². The minimum atomic E-state index is -0.315. The number of carbonyl (C=O) groups is 1. The summed E-state index contributed by atoms with van der Waals surface area (Å²) in [7, 11) is 0. The maximum Gasteiger partial charge on any atom is 0.259 e. The first kappa shape index (κ1) is 18.1. The molecule has 1 aliphatic rings. The van der Waals surface area contributed by atoms with Crippen molar-refractivity contribution < 1.29 is 23.4 Å². The van der Waals surface area contributed by atoms with Gasteiger partial charge < -0.3 is 19.1 Å². The average Bonchev–Trinajstić information content (AvgIpc) is 2.68. The van der Waals surface area contributed by atoms with Crippen LogP contribution < -0.4 is 9.47 Å². The summed E-state index contributed by atoms with van der Waals surface area (Å²) in [6, 6.07) is 9.22. The lowest BCUT2D eigenvalue weighted by molar-refractivity contribution is -0.0402. The van der Waals surface area contributed by atoms with Crippen LogP contribution in [0, 0.1) is 5.82 Å². The van der Waals surface area contributed by atoms with Crippen molar-refractivity contribution in [2.24, 2.45) is 0 Å². The molecule has 0 saturated carbocycles. The number of amides is 1. The number of aromatic nitrogens is 1. The van der Waals surface area contributed by atoms with E-state index >= 15 is 0 Å². The third kappa shape index (κ3) is 4.49. The molecular weight excluding hydrogens is 339 g/mol. The molecule has 1 aliphatic heterocycles. The zero-order valence-electron chi connectivity index (χ0n) is 14.6. The molecule has 7 heteroatoms. The van der Waals surface area contributed by atoms with Gasteiger partial charge in [0, 0.05) is 12.7 Å². The van der Waals surface area contributed by atoms with Crippen molar-refractivity contribution in [3.63, 3.8) is 0 Å². The number of rotatable bonds is 6. The predicted octanol–water partition coefficient (Wildman–Crippen LogP) is 2.54. The molecule has 1 aromatic carbocycles. The molecule has 0 spiro atoms. The van der Waals surface area contributed by atoms with Crippen molar-refractivity contribution in [2.45, 2.75) is 13.0 Å². The third-order valence-corrected chi connectivity index (χ3v) is 3.96. The topological polar surface area (TPSA) is 60.9 Å². The summed E-state index contributed by atoms with van der Waals surface area (Å²) in [6.45, 7) is 3.88. The largest absolute Gasteiger partial charge is 0.491 e. The van der Waals surface area contributed by atoms with Gasteiger partial charge in [0.05, 0.1) is 19.8 Å². The molecular formula is C19H21FN2O4. The van der Waals surface area contributed by atoms with Gasteiger partial charge in [0.1, 0.15) is 29.8 Å². The van der Waals surface area contributed by atoms with Gasteiger partial charge in [-0.3, -0.25) is 4.79 Å². The van der Waals surface area contributed by atoms with Crippen LogP contribution in [0.2, 0.25) is 0 Å². The molecule has 6 nitrogen and oxygen atoms in total. The Kier molecular flexibility index (Phi) is 6.01. The van der Waals surface area contributed by atoms with Crippen LogP contribution in [0.25, 0.3) is 0 Å². The van der Waals surface area contributed by atoms with E-state index in [1.807, 2.05) is 6.92 Å². The van der Waals surface area contributed by atoms with E-state index in [0.717, 1.165) is 0 Å². The average molecular weight is 360 g/mol. The molecule has 0 N–H and O–H groups in total. The zero-order chi connectivity index (χ0) is 18.4. The summed E-state index contributed by atoms with van der Waals surface area (Å²) in [5, 5.41) is 0. The lowest BCUT2D eigenvalue weighted by Crippen LogP contribution is -2.47. The molecule has 0 radical (unpaired) electrons. The Labute approximate surface area is 151 Å². The first-order chi connectivity index (χ1) is 12.7. The molecule has 138 valence electrons. The van der Waals surface area contributed by atoms with E-state index in [4.69, 9.17) is 14.2 Å². The van der Waals surface area contributed by atoms with Crippen molar-refractivity contribution in [2.75, 3.05) is 32.9 Å². The Morgan fingerprint density at radius 2 is 2.12 bits per heavy atom. The third-order valence-electron chi connectivity index (χ3n) is 3.96. The minimum absolute atomic E-state index is 0.142. The van der Waals surface area contributed by atoms with Gasteiger partial charge in [0.15, 0.2) is 0 Å². The Morgan fingerprint density at radius 3 is 2.88 bits per heavy atom. The number of carbonyl (C=O) groups excluding carboxylic acids is 1. The smallest absolute Gasteiger partial charge is 0.259 e. The summed E-state index contributed by atoms with van der Waals surface area (Å²) in [5.41, 5.74) is 0.439. The first-order valence-electron chi connectivity index (χ1n) is 8.54. The van der Waals surface area contributed by atoms with Crippen molar-refractivity contribution in [3.8, 4) is 11.6 Å². The molecule has 1 aromatic heterocycles. The number of hydrogen-bond acceptors (Lipinski definition) is 5. The van der Waals surface area contributed by atoms with Crippen LogP contribution in [-0.4, -0.2) is 54.8 Å². The van der Waals surface area contributed by atoms with E-state index < -0.39 is 0 Å². The summed E-state index contributed by atoms with van der Waals surface area (Å²) < 4.78 is 29.7. The van der Waals surface area contributed by atoms with E-state index in [0.29, 0.717) is 43.5 Å². The fraction of sp³-hybridized carbons (Fsp3) is 0.368. The summed E-state index contributed by atoms with van der Waals surface area (Å²) in [4.78, 5) is 18.7. The van der Waals surface area contributed by atoms with Gasteiger partial charge in [0.25, 0.3) is 5.91 Å². The molecule has 1 fully saturated rings. The standard InChI is InChI=1S/C19H21FN2O4/c1-2-24-18-17(4-3-9-21-18)19(23)22-10-11-25-16(12-22)13-26-15-7-5-14(20)6-8-15/h3-9,16H,2,10-13H2,1H3. The number of halogens is 1. The molecule has 1 unspecified atom stereocenters. The second kappa shape index (κ2) is 8.62. The van der Waals surface area contributed by atoms with E-state index in [1.165, 1.54) is 12.1 Å². The van der Waals surface area contributed by atoms with E-state index in [2.05, 4.69) is 4.98 Å². The second-order valence-electron chi connectivity index (χ2n) is 5.80. The zero-order valence-corrected chi connectivity index (χ0v) is 14.6. The summed E-state index contributed by atoms with van der Waals surface area (Å²) in [6.07, 6.45) is 1.34. The Bertz CT molecular complexity index is 739. The lowest BCUT2D eigenvalue weighted by atomic mass is 10.2. The van der Waals surface area contributed by atoms with Crippen LogP contribution in [0.3, 0.4) is 0 Å². The van der Waals surface area contributed by atoms with E-state index in [9.17, 15) is 9.18 Å². The van der Waals surface area contributed by atoms with Gasteiger partial charge in [-0.2, -0.15) is 0 Å². The molecule has 2 heterocycles. The van der Waals surface area contributed by atoms with Crippen molar-refractivity contribution >= 4 is 5.91 Å². The first-order valence-corrected chi connectivity index (χ1v) is 8.54. The van der Waals surface area contributed by atoms with Gasteiger partial charge in [0.2, 0.25) is 5.88 Å². The van der Waals surface area contributed by atoms with Crippen LogP contribution in [0.1, 0.15) is 17.3 Å². The maximum absolute atomic E-state index is 12.9. The normalized spacial score (nSPS) is 17.0. The molecule has 3 rings (SSSR count). The summed E-state index contributed by atoms with van der Waals surface area (Å²) >= 11 is 0. The van der Waals surface area contributed by atoms with Crippen LogP contribution in [-0.2, 0) is 4.74 Å².